The Balaban J connectivity index is 0.000000265. The molecule has 1 aliphatic rings. The topological polar surface area (TPSA) is 83.8 Å². The highest BCUT2D eigenvalue weighted by molar-refractivity contribution is 7.99. The Morgan fingerprint density at radius 2 is 1.53 bits per heavy atom. The van der Waals surface area contributed by atoms with E-state index in [0.717, 1.165) is 11.5 Å². The first kappa shape index (κ1) is 14.4. The van der Waals surface area contributed by atoms with Crippen LogP contribution in [0.2, 0.25) is 0 Å². The van der Waals surface area contributed by atoms with Crippen LogP contribution in [0.15, 0.2) is 0 Å². The summed E-state index contributed by atoms with van der Waals surface area (Å²) in [5, 5.41) is 16.4. The maximum absolute atomic E-state index is 10.2. The van der Waals surface area contributed by atoms with Crippen LogP contribution < -0.4 is 0 Å². The number of ether oxygens (including phenoxy) is 1. The maximum Gasteiger partial charge on any atom is 0.313 e. The number of aliphatic hydroxyl groups excluding tert-OH is 2. The largest absolute Gasteiger partial charge is 0.396 e. The molecule has 0 spiro atoms. The van der Waals surface area contributed by atoms with Gasteiger partial charge in [-0.15, -0.1) is 0 Å². The third-order valence-corrected chi connectivity index (χ3v) is 2.40. The summed E-state index contributed by atoms with van der Waals surface area (Å²) in [5.41, 5.74) is 0. The molecule has 1 saturated heterocycles. The molecule has 0 saturated carbocycles. The first-order chi connectivity index (χ1) is 7.20. The van der Waals surface area contributed by atoms with E-state index in [1.807, 2.05) is 0 Å². The Labute approximate surface area is 92.8 Å². The van der Waals surface area contributed by atoms with Gasteiger partial charge in [-0.1, -0.05) is 0 Å². The number of carbonyl (C=O) groups is 2. The van der Waals surface area contributed by atoms with E-state index in [9.17, 15) is 9.59 Å². The van der Waals surface area contributed by atoms with Gasteiger partial charge in [0.2, 0.25) is 0 Å². The average molecular weight is 236 g/mol. The van der Waals surface area contributed by atoms with Crippen molar-refractivity contribution in [2.45, 2.75) is 19.3 Å². The number of rotatable bonds is 4. The van der Waals surface area contributed by atoms with Crippen molar-refractivity contribution in [3.63, 3.8) is 0 Å². The van der Waals surface area contributed by atoms with E-state index in [1.54, 1.807) is 11.8 Å². The molecule has 0 radical (unpaired) electrons. The third kappa shape index (κ3) is 9.71. The second-order valence-corrected chi connectivity index (χ2v) is 3.98. The van der Waals surface area contributed by atoms with Crippen LogP contribution in [0.3, 0.4) is 0 Å². The zero-order valence-electron chi connectivity index (χ0n) is 8.48. The molecule has 0 unspecified atom stereocenters. The normalized spacial score (nSPS) is 15.3. The van der Waals surface area contributed by atoms with Crippen LogP contribution in [-0.2, 0) is 14.3 Å². The molecule has 0 bridgehead atoms. The van der Waals surface area contributed by atoms with Gasteiger partial charge in [0, 0.05) is 24.3 Å². The fraction of sp³-hybridized carbons (Fsp3) is 0.778. The number of carbonyl (C=O) groups excluding carboxylic acids is 2. The molecule has 0 aromatic heterocycles. The zero-order valence-corrected chi connectivity index (χ0v) is 9.29. The summed E-state index contributed by atoms with van der Waals surface area (Å²) >= 11 is 1.55. The van der Waals surface area contributed by atoms with Crippen molar-refractivity contribution in [2.24, 2.45) is 0 Å². The Kier molecular flexibility index (Phi) is 9.55. The van der Waals surface area contributed by atoms with Gasteiger partial charge in [-0.2, -0.15) is 11.8 Å². The van der Waals surface area contributed by atoms with E-state index in [0.29, 0.717) is 19.3 Å². The van der Waals surface area contributed by atoms with E-state index in [-0.39, 0.29) is 25.2 Å². The second-order valence-electron chi connectivity index (χ2n) is 2.76. The molecule has 15 heavy (non-hydrogen) atoms. The quantitative estimate of drug-likeness (QED) is 0.404. The van der Waals surface area contributed by atoms with Crippen molar-refractivity contribution in [2.75, 3.05) is 24.7 Å². The average Bonchev–Trinajstić information content (AvgIpc) is 2.19. The zero-order chi connectivity index (χ0) is 11.5. The van der Waals surface area contributed by atoms with Gasteiger partial charge in [0.15, 0.2) is 0 Å². The fourth-order valence-electron chi connectivity index (χ4n) is 0.837. The minimum absolute atomic E-state index is 0.213. The van der Waals surface area contributed by atoms with Crippen LogP contribution in [0, 0.1) is 0 Å². The van der Waals surface area contributed by atoms with E-state index in [2.05, 4.69) is 4.74 Å². The monoisotopic (exact) mass is 236 g/mol. The summed E-state index contributed by atoms with van der Waals surface area (Å²) in [7, 11) is 0. The lowest BCUT2D eigenvalue weighted by atomic mass is 10.2. The molecule has 0 atom stereocenters. The van der Waals surface area contributed by atoms with Gasteiger partial charge in [-0.3, -0.25) is 9.59 Å². The van der Waals surface area contributed by atoms with Crippen molar-refractivity contribution >= 4 is 23.7 Å². The first-order valence-corrected chi connectivity index (χ1v) is 5.89. The number of thioether (sulfide) groups is 1. The third-order valence-electron chi connectivity index (χ3n) is 1.46. The predicted octanol–water partition coefficient (Wildman–Crippen LogP) is -0.0557. The molecule has 0 aliphatic carbocycles. The number of hydrogen-bond donors (Lipinski definition) is 2. The molecule has 6 heteroatoms. The molecule has 0 aromatic rings. The Morgan fingerprint density at radius 1 is 1.07 bits per heavy atom. The Hall–Kier alpha value is -0.590. The highest BCUT2D eigenvalue weighted by Gasteiger charge is 2.15. The number of hydrogen-bond acceptors (Lipinski definition) is 6. The van der Waals surface area contributed by atoms with Crippen molar-refractivity contribution in [1.29, 1.82) is 0 Å². The lowest BCUT2D eigenvalue weighted by molar-refractivity contribution is -0.163. The van der Waals surface area contributed by atoms with Gasteiger partial charge < -0.3 is 14.9 Å². The van der Waals surface area contributed by atoms with E-state index >= 15 is 0 Å². The van der Waals surface area contributed by atoms with Gasteiger partial charge in [0.1, 0.15) is 0 Å². The SMILES string of the molecule is O=C1CCCC(=O)O1.OCCSCCO. The van der Waals surface area contributed by atoms with Gasteiger partial charge in [0.25, 0.3) is 0 Å². The Bertz CT molecular complexity index is 177. The molecule has 0 amide bonds. The highest BCUT2D eigenvalue weighted by atomic mass is 32.2. The van der Waals surface area contributed by atoms with Crippen LogP contribution in [0.5, 0.6) is 0 Å². The van der Waals surface area contributed by atoms with Gasteiger partial charge in [0.05, 0.1) is 13.2 Å². The lowest BCUT2D eigenvalue weighted by Crippen LogP contribution is -2.17. The van der Waals surface area contributed by atoms with Crippen LogP contribution >= 0.6 is 11.8 Å². The first-order valence-electron chi connectivity index (χ1n) is 4.73. The van der Waals surface area contributed by atoms with Crippen LogP contribution in [0.25, 0.3) is 0 Å². The van der Waals surface area contributed by atoms with Crippen molar-refractivity contribution in [3.05, 3.63) is 0 Å². The molecule has 88 valence electrons. The summed E-state index contributed by atoms with van der Waals surface area (Å²) in [6.07, 6.45) is 1.44. The standard InChI is InChI=1S/C5H6O3.C4H10O2S/c6-4-2-1-3-5(7)8-4;5-1-3-7-4-2-6/h1-3H2;5-6H,1-4H2. The summed E-state index contributed by atoms with van der Waals surface area (Å²) in [6.45, 7) is 0.426. The van der Waals surface area contributed by atoms with Crippen LogP contribution in [0.4, 0.5) is 0 Å². The fourth-order valence-corrected chi connectivity index (χ4v) is 1.30. The molecule has 1 heterocycles. The van der Waals surface area contributed by atoms with E-state index in [4.69, 9.17) is 10.2 Å². The molecular formula is C9H16O5S. The highest BCUT2D eigenvalue weighted by Crippen LogP contribution is 2.06. The lowest BCUT2D eigenvalue weighted by Gasteiger charge is -2.06. The smallest absolute Gasteiger partial charge is 0.313 e. The summed E-state index contributed by atoms with van der Waals surface area (Å²) in [5.74, 6) is 0.698. The minimum Gasteiger partial charge on any atom is -0.396 e. The molecule has 1 fully saturated rings. The van der Waals surface area contributed by atoms with E-state index < -0.39 is 0 Å². The van der Waals surface area contributed by atoms with Crippen LogP contribution in [-0.4, -0.2) is 46.9 Å². The molecule has 2 N–H and O–H groups in total. The van der Waals surface area contributed by atoms with Crippen molar-refractivity contribution < 1.29 is 24.5 Å². The summed E-state index contributed by atoms with van der Waals surface area (Å²) < 4.78 is 4.21. The molecule has 0 aromatic carbocycles. The Morgan fingerprint density at radius 3 is 1.80 bits per heavy atom. The molecule has 1 aliphatic heterocycles. The maximum atomic E-state index is 10.2. The second kappa shape index (κ2) is 9.95. The van der Waals surface area contributed by atoms with Gasteiger partial charge in [-0.05, 0) is 6.42 Å². The predicted molar refractivity (Wildman–Crippen MR) is 56.4 cm³/mol. The van der Waals surface area contributed by atoms with Gasteiger partial charge >= 0.3 is 11.9 Å². The number of aliphatic hydroxyl groups is 2. The van der Waals surface area contributed by atoms with Crippen molar-refractivity contribution in [3.8, 4) is 0 Å². The van der Waals surface area contributed by atoms with E-state index in [1.165, 1.54) is 0 Å². The van der Waals surface area contributed by atoms with Crippen LogP contribution in [0.1, 0.15) is 19.3 Å². The summed E-state index contributed by atoms with van der Waals surface area (Å²) in [4.78, 5) is 20.5. The molecule has 5 nitrogen and oxygen atoms in total. The molecule has 1 rings (SSSR count). The molecular weight excluding hydrogens is 220 g/mol. The van der Waals surface area contributed by atoms with Gasteiger partial charge in [-0.25, -0.2) is 0 Å². The summed E-state index contributed by atoms with van der Waals surface area (Å²) in [6, 6.07) is 0. The number of cyclic esters (lactones) is 2. The minimum atomic E-state index is -0.388. The number of esters is 2. The van der Waals surface area contributed by atoms with Crippen molar-refractivity contribution in [1.82, 2.24) is 0 Å².